The summed E-state index contributed by atoms with van der Waals surface area (Å²) in [5.41, 5.74) is 0. The average molecular weight is 1100 g/mol. The molecule has 0 aliphatic rings. The fourth-order valence-corrected chi connectivity index (χ4v) is 9.81. The summed E-state index contributed by atoms with van der Waals surface area (Å²) in [7, 11) is 1.18. The lowest BCUT2D eigenvalue weighted by atomic mass is 10.0. The number of allylic oxidation sites excluding steroid dienone is 11. The molecular weight excluding hydrogens is 976 g/mol. The highest BCUT2D eigenvalue weighted by molar-refractivity contribution is 7.45. The van der Waals surface area contributed by atoms with E-state index in [1.807, 2.05) is 33.3 Å². The summed E-state index contributed by atoms with van der Waals surface area (Å²) >= 11 is 0. The Morgan fingerprint density at radius 3 is 1.21 bits per heavy atom. The number of rotatable bonds is 58. The van der Waals surface area contributed by atoms with Crippen molar-refractivity contribution in [2.75, 3.05) is 40.9 Å². The topological polar surface area (TPSA) is 114 Å². The molecule has 0 aliphatic carbocycles. The molecule has 448 valence electrons. The van der Waals surface area contributed by atoms with Crippen molar-refractivity contribution in [3.8, 4) is 0 Å². The first-order valence-electron chi connectivity index (χ1n) is 32.2. The molecule has 0 aromatic heterocycles. The van der Waals surface area contributed by atoms with Crippen LogP contribution in [0.25, 0.3) is 0 Å². The molecule has 77 heavy (non-hydrogen) atoms. The minimum Gasteiger partial charge on any atom is -0.756 e. The number of likely N-dealkylation sites (N-methyl/N-ethyl adjacent to an activating group) is 1. The Bertz CT molecular complexity index is 1550. The second-order valence-corrected chi connectivity index (χ2v) is 24.3. The molecule has 3 unspecified atom stereocenters. The van der Waals surface area contributed by atoms with E-state index in [1.54, 1.807) is 0 Å². The summed E-state index contributed by atoms with van der Waals surface area (Å²) < 4.78 is 30.3. The maximum absolute atomic E-state index is 13.5. The second kappa shape index (κ2) is 56.7. The van der Waals surface area contributed by atoms with Crippen LogP contribution in [0, 0.1) is 0 Å². The van der Waals surface area contributed by atoms with Crippen LogP contribution >= 0.6 is 7.82 Å². The van der Waals surface area contributed by atoms with E-state index in [-0.39, 0.29) is 24.9 Å². The minimum absolute atomic E-state index is 0.0264. The summed E-state index contributed by atoms with van der Waals surface area (Å²) in [6, 6.07) is -0.896. The maximum Gasteiger partial charge on any atom is 0.306 e. The zero-order valence-electron chi connectivity index (χ0n) is 51.2. The molecule has 0 spiro atoms. The molecule has 0 aromatic rings. The number of quaternary nitrogens is 1. The number of hydrogen-bond donors (Lipinski definition) is 1. The largest absolute Gasteiger partial charge is 0.756 e. The molecule has 0 aromatic carbocycles. The van der Waals surface area contributed by atoms with Gasteiger partial charge in [0.2, 0.25) is 5.91 Å². The van der Waals surface area contributed by atoms with Crippen LogP contribution in [-0.2, 0) is 27.9 Å². The summed E-state index contributed by atoms with van der Waals surface area (Å²) in [5, 5.41) is 3.03. The summed E-state index contributed by atoms with van der Waals surface area (Å²) in [6.07, 6.45) is 72.9. The smallest absolute Gasteiger partial charge is 0.306 e. The average Bonchev–Trinajstić information content (AvgIpc) is 3.39. The van der Waals surface area contributed by atoms with Gasteiger partial charge in [-0.3, -0.25) is 14.2 Å². The number of nitrogens with one attached hydrogen (secondary N) is 1. The van der Waals surface area contributed by atoms with E-state index < -0.39 is 26.6 Å². The van der Waals surface area contributed by atoms with Crippen LogP contribution in [0.1, 0.15) is 290 Å². The van der Waals surface area contributed by atoms with Gasteiger partial charge in [-0.25, -0.2) is 0 Å². The van der Waals surface area contributed by atoms with Crippen molar-refractivity contribution < 1.29 is 37.3 Å². The Kier molecular flexibility index (Phi) is 54.8. The van der Waals surface area contributed by atoms with Crippen molar-refractivity contribution in [1.82, 2.24) is 5.32 Å². The molecule has 3 atom stereocenters. The van der Waals surface area contributed by atoms with Crippen LogP contribution in [0.5, 0.6) is 0 Å². The zero-order valence-corrected chi connectivity index (χ0v) is 52.0. The molecule has 0 fully saturated rings. The van der Waals surface area contributed by atoms with Crippen molar-refractivity contribution in [2.45, 2.75) is 303 Å². The number of esters is 1. The molecule has 0 bridgehead atoms. The lowest BCUT2D eigenvalue weighted by molar-refractivity contribution is -0.870. The number of unbranched alkanes of at least 4 members (excludes halogenated alkanes) is 32. The van der Waals surface area contributed by atoms with E-state index in [4.69, 9.17) is 13.8 Å². The van der Waals surface area contributed by atoms with Crippen LogP contribution in [0.4, 0.5) is 0 Å². The molecule has 0 saturated carbocycles. The predicted octanol–water partition coefficient (Wildman–Crippen LogP) is 19.4. The van der Waals surface area contributed by atoms with Gasteiger partial charge in [-0.05, 0) is 102 Å². The fourth-order valence-electron chi connectivity index (χ4n) is 9.09. The van der Waals surface area contributed by atoms with Crippen molar-refractivity contribution in [2.24, 2.45) is 0 Å². The summed E-state index contributed by atoms with van der Waals surface area (Å²) in [4.78, 5) is 40.0. The van der Waals surface area contributed by atoms with Gasteiger partial charge in [0.15, 0.2) is 0 Å². The zero-order chi connectivity index (χ0) is 56.4. The molecule has 0 heterocycles. The van der Waals surface area contributed by atoms with Gasteiger partial charge >= 0.3 is 5.97 Å². The highest BCUT2D eigenvalue weighted by Gasteiger charge is 2.27. The van der Waals surface area contributed by atoms with E-state index in [0.717, 1.165) is 103 Å². The van der Waals surface area contributed by atoms with Gasteiger partial charge in [-0.2, -0.15) is 0 Å². The highest BCUT2D eigenvalue weighted by atomic mass is 31.2. The van der Waals surface area contributed by atoms with E-state index in [9.17, 15) is 19.0 Å². The SMILES string of the molecule is CCCCC/C=C\C/C=C\C/C=C\CCCCCCCCCCC(=O)OC(/C=C/CCCCCCCCCCC)C(COP(=O)([O-])OCC[N+](C)(C)C)NC(=O)CCCCCCCCCCC/C=C\C/C=C\CCCCC. The molecule has 0 saturated heterocycles. The third-order valence-corrected chi connectivity index (χ3v) is 15.1. The van der Waals surface area contributed by atoms with Crippen LogP contribution < -0.4 is 10.2 Å². The number of amides is 1. The number of carbonyl (C=O) groups is 2. The molecule has 1 amide bonds. The number of hydrogen-bond acceptors (Lipinski definition) is 7. The van der Waals surface area contributed by atoms with Crippen LogP contribution in [-0.4, -0.2) is 69.4 Å². The molecule has 0 aliphatic heterocycles. The lowest BCUT2D eigenvalue weighted by Gasteiger charge is -2.30. The normalized spacial score (nSPS) is 14.1. The van der Waals surface area contributed by atoms with Crippen LogP contribution in [0.15, 0.2) is 72.9 Å². The van der Waals surface area contributed by atoms with Crippen LogP contribution in [0.3, 0.4) is 0 Å². The van der Waals surface area contributed by atoms with Gasteiger partial charge in [-0.15, -0.1) is 0 Å². The summed E-state index contributed by atoms with van der Waals surface area (Å²) in [6.45, 7) is 6.79. The fraction of sp³-hybridized carbons (Fsp3) is 0.791. The second-order valence-electron chi connectivity index (χ2n) is 22.9. The number of nitrogens with zero attached hydrogens (tertiary/aromatic N) is 1. The third kappa shape index (κ3) is 57.9. The number of phosphoric ester groups is 1. The van der Waals surface area contributed by atoms with E-state index in [1.165, 1.54) is 154 Å². The number of ether oxygens (including phenoxy) is 1. The quantitative estimate of drug-likeness (QED) is 0.0212. The first-order valence-corrected chi connectivity index (χ1v) is 33.7. The van der Waals surface area contributed by atoms with Crippen molar-refractivity contribution in [3.63, 3.8) is 0 Å². The molecule has 0 rings (SSSR count). The van der Waals surface area contributed by atoms with Crippen molar-refractivity contribution in [3.05, 3.63) is 72.9 Å². The van der Waals surface area contributed by atoms with E-state index in [0.29, 0.717) is 17.4 Å². The summed E-state index contributed by atoms with van der Waals surface area (Å²) in [5.74, 6) is -0.551. The maximum atomic E-state index is 13.5. The molecule has 1 N–H and O–H groups in total. The Balaban J connectivity index is 5.19. The molecule has 10 heteroatoms. The minimum atomic E-state index is -4.70. The van der Waals surface area contributed by atoms with Crippen molar-refractivity contribution >= 4 is 19.7 Å². The van der Waals surface area contributed by atoms with Gasteiger partial charge in [0.25, 0.3) is 7.82 Å². The van der Waals surface area contributed by atoms with Crippen molar-refractivity contribution in [1.29, 1.82) is 0 Å². The standard InChI is InChI=1S/C67H123N2O7P/c1-7-10-13-16-19-22-25-27-29-31-33-34-36-38-40-42-45-48-51-54-57-60-67(71)76-65(58-55-52-49-46-43-24-21-18-15-12-9-3)64(63-75-77(72,73)74-62-61-69(4,5)6)68-66(70)59-56-53-50-47-44-41-39-37-35-32-30-28-26-23-20-17-14-11-8-2/h19-20,22-23,27-30,33-34,55,58,64-65H,7-18,21,24-26,31-32,35-54,56-57,59-63H2,1-6H3,(H-,68,70,72,73)/b22-19-,23-20-,29-27-,30-28-,34-33-,58-55+. The van der Waals surface area contributed by atoms with Gasteiger partial charge < -0.3 is 28.5 Å². The van der Waals surface area contributed by atoms with Gasteiger partial charge in [0.1, 0.15) is 19.3 Å². The Morgan fingerprint density at radius 2 is 0.792 bits per heavy atom. The molecule has 0 radical (unpaired) electrons. The number of phosphoric acid groups is 1. The van der Waals surface area contributed by atoms with Gasteiger partial charge in [0, 0.05) is 12.8 Å². The Morgan fingerprint density at radius 1 is 0.455 bits per heavy atom. The van der Waals surface area contributed by atoms with E-state index in [2.05, 4.69) is 86.8 Å². The molecular formula is C67H123N2O7P. The first-order chi connectivity index (χ1) is 37.4. The highest BCUT2D eigenvalue weighted by Crippen LogP contribution is 2.38. The third-order valence-electron chi connectivity index (χ3n) is 14.1. The van der Waals surface area contributed by atoms with Gasteiger partial charge in [-0.1, -0.05) is 248 Å². The van der Waals surface area contributed by atoms with E-state index >= 15 is 0 Å². The lowest BCUT2D eigenvalue weighted by Crippen LogP contribution is -2.47. The predicted molar refractivity (Wildman–Crippen MR) is 330 cm³/mol. The number of carbonyl (C=O) groups excluding carboxylic acids is 2. The Hall–Kier alpha value is -2.55. The molecule has 9 nitrogen and oxygen atoms in total. The first kappa shape index (κ1) is 74.5. The van der Waals surface area contributed by atoms with Gasteiger partial charge in [0.05, 0.1) is 33.8 Å². The Labute approximate surface area is 476 Å². The monoisotopic (exact) mass is 1100 g/mol. The van der Waals surface area contributed by atoms with Crippen LogP contribution in [0.2, 0.25) is 0 Å².